The Hall–Kier alpha value is -3.11. The number of nitro benzene ring substituents is 1. The molecule has 5 fully saturated rings. The Morgan fingerprint density at radius 2 is 1.01 bits per heavy atom. The SMILES string of the molecule is CC(=O)N[C@H]1C(O[C@@H]2OC(CO)[C@H](O)C(O)[C@@H]2O)[C@@H](O)C(CO)O[C@H]1O[C@@H]1C(O)[C@@H](O[C@H]2C(CO)O[C@@H](O[C@@H]3C(COc4ccc([N+](=O)[O-])cc4)O[C@@H](OCCCCCN)[C@@H](O)C3O)[C@@H](O)C2O)OC(CO)[C@@H]1O. The first kappa shape index (κ1) is 60.1. The van der Waals surface area contributed by atoms with E-state index in [9.17, 15) is 86.4 Å². The first-order chi connectivity index (χ1) is 35.3. The summed E-state index contributed by atoms with van der Waals surface area (Å²) >= 11 is 0. The number of benzene rings is 1. The zero-order chi connectivity index (χ0) is 54.1. The van der Waals surface area contributed by atoms with Gasteiger partial charge in [0.1, 0.15) is 134 Å². The highest BCUT2D eigenvalue weighted by atomic mass is 16.8. The average molecular weight is 1080 g/mol. The van der Waals surface area contributed by atoms with Crippen molar-refractivity contribution in [3.63, 3.8) is 0 Å². The largest absolute Gasteiger partial charge is 0.491 e. The molecule has 17 N–H and O–H groups in total. The second kappa shape index (κ2) is 27.5. The zero-order valence-corrected chi connectivity index (χ0v) is 39.8. The Morgan fingerprint density at radius 1 is 0.554 bits per heavy atom. The van der Waals surface area contributed by atoms with Crippen LogP contribution in [0.4, 0.5) is 5.69 Å². The summed E-state index contributed by atoms with van der Waals surface area (Å²) in [6.45, 7) is -2.73. The monoisotopic (exact) mass is 1080 g/mol. The minimum atomic E-state index is -2.18. The predicted octanol–water partition coefficient (Wildman–Crippen LogP) is -8.63. The molecule has 6 rings (SSSR count). The third kappa shape index (κ3) is 13.9. The highest BCUT2D eigenvalue weighted by Gasteiger charge is 2.57. The van der Waals surface area contributed by atoms with Crippen molar-refractivity contribution in [1.29, 1.82) is 0 Å². The van der Waals surface area contributed by atoms with Gasteiger partial charge in [-0.2, -0.15) is 0 Å². The van der Waals surface area contributed by atoms with Crippen LogP contribution in [0.15, 0.2) is 24.3 Å². The van der Waals surface area contributed by atoms with E-state index in [1.54, 1.807) is 0 Å². The van der Waals surface area contributed by atoms with Gasteiger partial charge in [-0.1, -0.05) is 0 Å². The molecular formula is C43H69N3O28. The number of rotatable bonds is 23. The van der Waals surface area contributed by atoms with E-state index in [2.05, 4.69) is 5.32 Å². The molecule has 31 nitrogen and oxygen atoms in total. The third-order valence-electron chi connectivity index (χ3n) is 13.1. The molecule has 5 aliphatic heterocycles. The van der Waals surface area contributed by atoms with Crippen LogP contribution in [0.2, 0.25) is 0 Å². The molecule has 31 heteroatoms. The van der Waals surface area contributed by atoms with Gasteiger partial charge in [0.25, 0.3) is 5.69 Å². The molecule has 74 heavy (non-hydrogen) atoms. The lowest BCUT2D eigenvalue weighted by molar-refractivity contribution is -0.388. The second-order valence-electron chi connectivity index (χ2n) is 18.3. The molecule has 0 saturated carbocycles. The fourth-order valence-corrected chi connectivity index (χ4v) is 9.00. The van der Waals surface area contributed by atoms with Crippen LogP contribution in [0.5, 0.6) is 5.75 Å². The van der Waals surface area contributed by atoms with Crippen LogP contribution in [0.25, 0.3) is 0 Å². The van der Waals surface area contributed by atoms with Crippen LogP contribution < -0.4 is 15.8 Å². The lowest BCUT2D eigenvalue weighted by Crippen LogP contribution is -2.70. The normalized spacial score (nSPS) is 42.9. The quantitative estimate of drug-likeness (QED) is 0.0275. The van der Waals surface area contributed by atoms with Gasteiger partial charge >= 0.3 is 0 Å². The molecule has 0 aromatic heterocycles. The molecule has 0 aliphatic carbocycles. The number of aliphatic hydroxyl groups excluding tert-OH is 14. The van der Waals surface area contributed by atoms with E-state index in [0.29, 0.717) is 25.8 Å². The summed E-state index contributed by atoms with van der Waals surface area (Å²) in [7, 11) is 0. The number of nitrogens with one attached hydrogen (secondary N) is 1. The van der Waals surface area contributed by atoms with Crippen molar-refractivity contribution in [3.8, 4) is 5.75 Å². The van der Waals surface area contributed by atoms with Crippen molar-refractivity contribution in [3.05, 3.63) is 34.4 Å². The minimum absolute atomic E-state index is 0.0839. The van der Waals surface area contributed by atoms with Gasteiger partial charge < -0.3 is 135 Å². The van der Waals surface area contributed by atoms with Crippen LogP contribution in [-0.2, 0) is 52.2 Å². The van der Waals surface area contributed by atoms with E-state index in [1.165, 1.54) is 24.3 Å². The number of amides is 1. The number of non-ortho nitro benzene ring substituents is 1. The number of carbonyl (C=O) groups is 1. The maximum Gasteiger partial charge on any atom is 0.269 e. The van der Waals surface area contributed by atoms with Gasteiger partial charge in [-0.05, 0) is 37.9 Å². The van der Waals surface area contributed by atoms with Gasteiger partial charge in [0.05, 0.1) is 31.4 Å². The Balaban J connectivity index is 1.18. The van der Waals surface area contributed by atoms with E-state index in [-0.39, 0.29) is 18.0 Å². The molecule has 5 aliphatic rings. The smallest absolute Gasteiger partial charge is 0.269 e. The number of nitrogens with two attached hydrogens (primary N) is 1. The van der Waals surface area contributed by atoms with Gasteiger partial charge in [0, 0.05) is 25.7 Å². The van der Waals surface area contributed by atoms with E-state index < -0.39 is 197 Å². The number of carbonyl (C=O) groups excluding carboxylic acids is 1. The fourth-order valence-electron chi connectivity index (χ4n) is 9.00. The number of aliphatic hydroxyl groups is 14. The van der Waals surface area contributed by atoms with Crippen molar-refractivity contribution >= 4 is 11.6 Å². The summed E-state index contributed by atoms with van der Waals surface area (Å²) in [5.74, 6) is -0.695. The molecule has 10 unspecified atom stereocenters. The van der Waals surface area contributed by atoms with Crippen LogP contribution in [-0.4, -0.2) is 282 Å². The van der Waals surface area contributed by atoms with Gasteiger partial charge in [0.2, 0.25) is 5.91 Å². The maximum absolute atomic E-state index is 12.6. The van der Waals surface area contributed by atoms with Gasteiger partial charge in [0.15, 0.2) is 31.5 Å². The molecular weight excluding hydrogens is 1010 g/mol. The second-order valence-corrected chi connectivity index (χ2v) is 18.3. The number of ether oxygens (including phenoxy) is 11. The average Bonchev–Trinajstić information content (AvgIpc) is 3.38. The first-order valence-corrected chi connectivity index (χ1v) is 23.9. The summed E-state index contributed by atoms with van der Waals surface area (Å²) in [5.41, 5.74) is 5.33. The molecule has 424 valence electrons. The molecule has 1 amide bonds. The predicted molar refractivity (Wildman–Crippen MR) is 236 cm³/mol. The first-order valence-electron chi connectivity index (χ1n) is 23.9. The molecule has 1 aromatic rings. The van der Waals surface area contributed by atoms with Crippen molar-refractivity contribution < 1.29 is 133 Å². The van der Waals surface area contributed by atoms with Crippen molar-refractivity contribution in [1.82, 2.24) is 5.32 Å². The zero-order valence-electron chi connectivity index (χ0n) is 39.8. The third-order valence-corrected chi connectivity index (χ3v) is 13.1. The number of hydrogen-bond donors (Lipinski definition) is 16. The Morgan fingerprint density at radius 3 is 1.57 bits per heavy atom. The standard InChI is InChI=1S/C43H69N3O28/c1-16(51)45-24-37(73-41-31(58)28(55)25(52)19(11-47)67-41)26(53)20(12-48)66-39(24)74-38-27(54)21(13-49)68-43(34(38)61)71-35-22(14-50)69-42(33(60)30(35)57)72-36-23(15-65-18-7-5-17(6-8-18)46(62)63)70-40(32(59)29(36)56)64-10-4-2-3-9-44/h5-8,19-43,47-50,52-61H,2-4,9-15,44H2,1H3,(H,45,51)/t19?,20?,21?,22?,23?,24-,25-,26-,27-,28?,29?,30?,31-,32-,33-,34?,35-,36+,37?,38-,39-,40+,41-,42-,43+/m0/s1. The Labute approximate surface area is 421 Å². The van der Waals surface area contributed by atoms with Crippen LogP contribution >= 0.6 is 0 Å². The molecule has 0 spiro atoms. The maximum atomic E-state index is 12.6. The summed E-state index contributed by atoms with van der Waals surface area (Å²) in [5, 5.41) is 166. The van der Waals surface area contributed by atoms with E-state index >= 15 is 0 Å². The summed E-state index contributed by atoms with van der Waals surface area (Å²) in [4.78, 5) is 23.1. The highest BCUT2D eigenvalue weighted by molar-refractivity contribution is 5.73. The summed E-state index contributed by atoms with van der Waals surface area (Å²) in [6.07, 6.45) is -42.2. The summed E-state index contributed by atoms with van der Waals surface area (Å²) < 4.78 is 63.8. The van der Waals surface area contributed by atoms with Crippen LogP contribution in [0, 0.1) is 10.1 Å². The van der Waals surface area contributed by atoms with E-state index in [4.69, 9.17) is 57.8 Å². The Bertz CT molecular complexity index is 1880. The van der Waals surface area contributed by atoms with Gasteiger partial charge in [-0.3, -0.25) is 14.9 Å². The van der Waals surface area contributed by atoms with Crippen LogP contribution in [0.3, 0.4) is 0 Å². The molecule has 0 bridgehead atoms. The van der Waals surface area contributed by atoms with Crippen molar-refractivity contribution in [2.24, 2.45) is 5.73 Å². The van der Waals surface area contributed by atoms with Crippen LogP contribution in [0.1, 0.15) is 26.2 Å². The fraction of sp³-hybridized carbons (Fsp3) is 0.837. The number of unbranched alkanes of at least 4 members (excludes halogenated alkanes) is 2. The molecule has 25 atom stereocenters. The highest BCUT2D eigenvalue weighted by Crippen LogP contribution is 2.36. The molecule has 5 saturated heterocycles. The van der Waals surface area contributed by atoms with E-state index in [1.807, 2.05) is 0 Å². The molecule has 1 aromatic carbocycles. The lowest BCUT2D eigenvalue weighted by Gasteiger charge is -2.50. The molecule has 0 radical (unpaired) electrons. The topological polar surface area (TPSA) is 483 Å². The number of nitrogens with zero attached hydrogens (tertiary/aromatic N) is 1. The Kier molecular flexibility index (Phi) is 22.3. The minimum Gasteiger partial charge on any atom is -0.491 e. The number of nitro groups is 1. The van der Waals surface area contributed by atoms with Crippen molar-refractivity contribution in [2.45, 2.75) is 180 Å². The van der Waals surface area contributed by atoms with E-state index in [0.717, 1.165) is 6.92 Å². The molecule has 5 heterocycles. The number of hydrogen-bond acceptors (Lipinski definition) is 29. The van der Waals surface area contributed by atoms with Gasteiger partial charge in [-0.25, -0.2) is 0 Å². The lowest BCUT2D eigenvalue weighted by atomic mass is 9.94. The van der Waals surface area contributed by atoms with Crippen molar-refractivity contribution in [2.75, 3.05) is 46.2 Å². The van der Waals surface area contributed by atoms with Gasteiger partial charge in [-0.15, -0.1) is 0 Å². The summed E-state index contributed by atoms with van der Waals surface area (Å²) in [6, 6.07) is 3.23.